The van der Waals surface area contributed by atoms with Crippen molar-refractivity contribution in [1.82, 2.24) is 10.4 Å². The number of allylic oxidation sites excluding steroid dienone is 1. The van der Waals surface area contributed by atoms with E-state index in [1.807, 2.05) is 38.2 Å². The lowest BCUT2D eigenvalue weighted by Crippen LogP contribution is -2.32. The summed E-state index contributed by atoms with van der Waals surface area (Å²) in [4.78, 5) is 4.59. The fraction of sp³-hybridized carbons (Fsp3) is 0.409. The Labute approximate surface area is 163 Å². The molecule has 1 aromatic rings. The number of nitrogens with zero attached hydrogens (tertiary/aromatic N) is 2. The SMILES string of the molecule is C=C(N)/C(=C\N(CC(=C)c1cc(F)ccc1CC)NC)C(C)=NCC(C)C. The Hall–Kier alpha value is -2.40. The summed E-state index contributed by atoms with van der Waals surface area (Å²) in [5.74, 6) is 0.204. The third kappa shape index (κ3) is 7.02. The summed E-state index contributed by atoms with van der Waals surface area (Å²) in [5, 5.41) is 1.86. The molecular weight excluding hydrogens is 339 g/mol. The molecule has 27 heavy (non-hydrogen) atoms. The van der Waals surface area contributed by atoms with Crippen LogP contribution in [-0.4, -0.2) is 30.9 Å². The maximum absolute atomic E-state index is 13.7. The van der Waals surface area contributed by atoms with Gasteiger partial charge in [-0.05, 0) is 48.1 Å². The highest BCUT2D eigenvalue weighted by Crippen LogP contribution is 2.21. The van der Waals surface area contributed by atoms with Gasteiger partial charge in [0.05, 0.1) is 6.54 Å². The van der Waals surface area contributed by atoms with Gasteiger partial charge in [-0.25, -0.2) is 9.82 Å². The Balaban J connectivity index is 3.10. The number of aryl methyl sites for hydroxylation is 1. The van der Waals surface area contributed by atoms with Crippen LogP contribution in [0.2, 0.25) is 0 Å². The highest BCUT2D eigenvalue weighted by atomic mass is 19.1. The van der Waals surface area contributed by atoms with Crippen molar-refractivity contribution in [3.63, 3.8) is 0 Å². The summed E-state index contributed by atoms with van der Waals surface area (Å²) in [5.41, 5.74) is 13.9. The maximum Gasteiger partial charge on any atom is 0.123 e. The van der Waals surface area contributed by atoms with Gasteiger partial charge in [-0.3, -0.25) is 4.99 Å². The van der Waals surface area contributed by atoms with Gasteiger partial charge in [0.2, 0.25) is 0 Å². The number of benzene rings is 1. The van der Waals surface area contributed by atoms with E-state index in [0.717, 1.165) is 41.0 Å². The number of rotatable bonds is 10. The van der Waals surface area contributed by atoms with Gasteiger partial charge in [-0.1, -0.05) is 40.0 Å². The lowest BCUT2D eigenvalue weighted by molar-refractivity contribution is 0.334. The number of halogens is 1. The summed E-state index contributed by atoms with van der Waals surface area (Å²) >= 11 is 0. The standard InChI is InChI=1S/C22H33FN4/c1-8-19-9-10-20(23)11-21(19)16(4)13-27(25-7)14-22(17(5)24)18(6)26-12-15(2)3/h9-11,14-15,25H,4-5,8,12-13,24H2,1-3,6-7H3/b22-14+,26-18?. The molecule has 0 bridgehead atoms. The first kappa shape index (κ1) is 22.6. The Morgan fingerprint density at radius 1 is 1.37 bits per heavy atom. The van der Waals surface area contributed by atoms with Gasteiger partial charge in [0, 0.05) is 36.8 Å². The third-order valence-corrected chi connectivity index (χ3v) is 4.20. The van der Waals surface area contributed by atoms with Gasteiger partial charge in [-0.2, -0.15) is 0 Å². The zero-order valence-electron chi connectivity index (χ0n) is 17.3. The van der Waals surface area contributed by atoms with E-state index in [-0.39, 0.29) is 5.82 Å². The van der Waals surface area contributed by atoms with Crippen LogP contribution in [0.4, 0.5) is 4.39 Å². The monoisotopic (exact) mass is 372 g/mol. The van der Waals surface area contributed by atoms with E-state index in [1.54, 1.807) is 0 Å². The van der Waals surface area contributed by atoms with E-state index in [9.17, 15) is 4.39 Å². The summed E-state index contributed by atoms with van der Waals surface area (Å²) < 4.78 is 13.7. The van der Waals surface area contributed by atoms with Crippen molar-refractivity contribution < 1.29 is 4.39 Å². The molecule has 0 atom stereocenters. The Morgan fingerprint density at radius 2 is 2.04 bits per heavy atom. The topological polar surface area (TPSA) is 53.6 Å². The second-order valence-corrected chi connectivity index (χ2v) is 7.00. The number of nitrogens with two attached hydrogens (primary N) is 1. The van der Waals surface area contributed by atoms with E-state index < -0.39 is 0 Å². The van der Waals surface area contributed by atoms with Crippen LogP contribution in [-0.2, 0) is 6.42 Å². The van der Waals surface area contributed by atoms with Crippen molar-refractivity contribution in [2.75, 3.05) is 20.1 Å². The molecule has 5 heteroatoms. The van der Waals surface area contributed by atoms with Crippen LogP contribution in [0.5, 0.6) is 0 Å². The highest BCUT2D eigenvalue weighted by molar-refractivity contribution is 6.01. The number of aliphatic imine (C=N–C) groups is 1. The lowest BCUT2D eigenvalue weighted by atomic mass is 9.98. The molecule has 0 radical (unpaired) electrons. The van der Waals surface area contributed by atoms with Crippen molar-refractivity contribution >= 4 is 11.3 Å². The van der Waals surface area contributed by atoms with Gasteiger partial charge in [-0.15, -0.1) is 0 Å². The molecule has 0 saturated heterocycles. The molecule has 1 rings (SSSR count). The van der Waals surface area contributed by atoms with Crippen molar-refractivity contribution in [3.8, 4) is 0 Å². The number of nitrogens with one attached hydrogen (secondary N) is 1. The minimum atomic E-state index is -0.261. The van der Waals surface area contributed by atoms with Crippen LogP contribution < -0.4 is 11.2 Å². The average molecular weight is 373 g/mol. The molecule has 0 aliphatic rings. The van der Waals surface area contributed by atoms with Crippen molar-refractivity contribution in [1.29, 1.82) is 0 Å². The Morgan fingerprint density at radius 3 is 2.56 bits per heavy atom. The van der Waals surface area contributed by atoms with Gasteiger partial charge in [0.1, 0.15) is 5.82 Å². The first-order valence-corrected chi connectivity index (χ1v) is 9.28. The van der Waals surface area contributed by atoms with Crippen LogP contribution in [0.15, 0.2) is 53.8 Å². The number of hydrogen-bond acceptors (Lipinski definition) is 4. The normalized spacial score (nSPS) is 12.4. The maximum atomic E-state index is 13.7. The van der Waals surface area contributed by atoms with E-state index >= 15 is 0 Å². The quantitative estimate of drug-likeness (QED) is 0.365. The Bertz CT molecular complexity index is 732. The first-order chi connectivity index (χ1) is 12.7. The molecule has 0 saturated carbocycles. The smallest absolute Gasteiger partial charge is 0.123 e. The minimum Gasteiger partial charge on any atom is -0.399 e. The highest BCUT2D eigenvalue weighted by Gasteiger charge is 2.12. The fourth-order valence-corrected chi connectivity index (χ4v) is 2.64. The molecule has 0 aliphatic heterocycles. The molecule has 0 aliphatic carbocycles. The van der Waals surface area contributed by atoms with Crippen molar-refractivity contribution in [2.45, 2.75) is 34.1 Å². The molecule has 0 spiro atoms. The molecule has 0 fully saturated rings. The summed E-state index contributed by atoms with van der Waals surface area (Å²) in [6.45, 7) is 17.4. The van der Waals surface area contributed by atoms with Gasteiger partial charge < -0.3 is 10.7 Å². The number of hydrazine groups is 1. The van der Waals surface area contributed by atoms with Crippen LogP contribution >= 0.6 is 0 Å². The largest absolute Gasteiger partial charge is 0.399 e. The second-order valence-electron chi connectivity index (χ2n) is 7.00. The van der Waals surface area contributed by atoms with Crippen molar-refractivity contribution in [2.24, 2.45) is 16.6 Å². The average Bonchev–Trinajstić information content (AvgIpc) is 2.62. The molecular formula is C22H33FN4. The van der Waals surface area contributed by atoms with Crippen LogP contribution in [0.25, 0.3) is 5.57 Å². The predicted molar refractivity (Wildman–Crippen MR) is 115 cm³/mol. The van der Waals surface area contributed by atoms with Gasteiger partial charge >= 0.3 is 0 Å². The van der Waals surface area contributed by atoms with Crippen LogP contribution in [0.3, 0.4) is 0 Å². The van der Waals surface area contributed by atoms with Crippen LogP contribution in [0.1, 0.15) is 38.8 Å². The molecule has 4 nitrogen and oxygen atoms in total. The zero-order valence-corrected chi connectivity index (χ0v) is 17.3. The zero-order chi connectivity index (χ0) is 20.6. The summed E-state index contributed by atoms with van der Waals surface area (Å²) in [6, 6.07) is 4.83. The summed E-state index contributed by atoms with van der Waals surface area (Å²) in [7, 11) is 1.81. The molecule has 0 heterocycles. The van der Waals surface area contributed by atoms with Gasteiger partial charge in [0.25, 0.3) is 0 Å². The van der Waals surface area contributed by atoms with E-state index in [1.165, 1.54) is 12.1 Å². The minimum absolute atomic E-state index is 0.261. The van der Waals surface area contributed by atoms with Crippen molar-refractivity contribution in [3.05, 3.63) is 65.8 Å². The van der Waals surface area contributed by atoms with Crippen LogP contribution in [0, 0.1) is 11.7 Å². The molecule has 0 unspecified atom stereocenters. The molecule has 0 amide bonds. The van der Waals surface area contributed by atoms with E-state index in [4.69, 9.17) is 5.73 Å². The first-order valence-electron chi connectivity index (χ1n) is 9.28. The predicted octanol–water partition coefficient (Wildman–Crippen LogP) is 4.31. The lowest BCUT2D eigenvalue weighted by Gasteiger charge is -2.23. The molecule has 3 N–H and O–H groups in total. The summed E-state index contributed by atoms with van der Waals surface area (Å²) in [6.07, 6.45) is 2.69. The van der Waals surface area contributed by atoms with Gasteiger partial charge in [0.15, 0.2) is 0 Å². The fourth-order valence-electron chi connectivity index (χ4n) is 2.64. The molecule has 148 valence electrons. The van der Waals surface area contributed by atoms with E-state index in [0.29, 0.717) is 18.2 Å². The second kappa shape index (κ2) is 10.7. The molecule has 1 aromatic carbocycles. The molecule has 0 aromatic heterocycles. The van der Waals surface area contributed by atoms with E-state index in [2.05, 4.69) is 37.4 Å². The third-order valence-electron chi connectivity index (χ3n) is 4.20. The number of hydrogen-bond donors (Lipinski definition) is 2. The Kier molecular flexibility index (Phi) is 8.95.